The summed E-state index contributed by atoms with van der Waals surface area (Å²) in [5.41, 5.74) is 6.76. The van der Waals surface area contributed by atoms with Gasteiger partial charge in [-0.25, -0.2) is 0 Å². The fourth-order valence-corrected chi connectivity index (χ4v) is 8.72. The molecule has 2 aromatic carbocycles. The van der Waals surface area contributed by atoms with Crippen LogP contribution in [0.3, 0.4) is 0 Å². The van der Waals surface area contributed by atoms with E-state index in [0.717, 1.165) is 59.2 Å². The fourth-order valence-electron chi connectivity index (χ4n) is 8.72. The molecule has 1 saturated heterocycles. The fraction of sp³-hybridized carbons (Fsp3) is 0.548. The lowest BCUT2D eigenvalue weighted by Crippen LogP contribution is -2.41. The number of benzene rings is 2. The second kappa shape index (κ2) is 15.2. The highest BCUT2D eigenvalue weighted by molar-refractivity contribution is 5.82. The van der Waals surface area contributed by atoms with Crippen molar-refractivity contribution in [2.75, 3.05) is 19.6 Å². The minimum Gasteiger partial charge on any atom is -0.481 e. The number of nitrogens with one attached hydrogen (secondary N) is 1. The molecule has 1 saturated carbocycles. The topological polar surface area (TPSA) is 91.6 Å². The van der Waals surface area contributed by atoms with Crippen LogP contribution in [0.2, 0.25) is 0 Å². The second-order valence-electron chi connectivity index (χ2n) is 16.0. The third kappa shape index (κ3) is 8.48. The molecule has 0 radical (unpaired) electrons. The summed E-state index contributed by atoms with van der Waals surface area (Å²) in [4.78, 5) is 42.5. The normalized spacial score (nSPS) is 18.0. The summed E-state index contributed by atoms with van der Waals surface area (Å²) in [6, 6.07) is 6.87. The van der Waals surface area contributed by atoms with Gasteiger partial charge in [-0.1, -0.05) is 37.6 Å². The molecule has 1 aliphatic heterocycles. The number of rotatable bonds is 12. The summed E-state index contributed by atoms with van der Waals surface area (Å²) in [7, 11) is 0. The molecule has 2 fully saturated rings. The molecular formula is C42H52F3N3O4. The number of aliphatic carboxylic acids is 1. The Morgan fingerprint density at radius 3 is 2.23 bits per heavy atom. The highest BCUT2D eigenvalue weighted by Crippen LogP contribution is 2.41. The van der Waals surface area contributed by atoms with Crippen LogP contribution in [0.15, 0.2) is 41.3 Å². The average molecular weight is 720 g/mol. The molecule has 10 heteroatoms. The molecule has 1 aromatic heterocycles. The quantitative estimate of drug-likeness (QED) is 0.196. The van der Waals surface area contributed by atoms with Crippen molar-refractivity contribution in [3.05, 3.63) is 91.4 Å². The van der Waals surface area contributed by atoms with Crippen molar-refractivity contribution in [1.29, 1.82) is 0 Å². The highest BCUT2D eigenvalue weighted by atomic mass is 19.4. The van der Waals surface area contributed by atoms with Crippen LogP contribution < -0.4 is 10.9 Å². The Labute approximate surface area is 304 Å². The van der Waals surface area contributed by atoms with Crippen molar-refractivity contribution in [3.63, 3.8) is 0 Å². The number of amides is 1. The summed E-state index contributed by atoms with van der Waals surface area (Å²) in [6.45, 7) is 12.3. The number of likely N-dealkylation sites (tertiary alicyclic amines) is 1. The number of hydrogen-bond acceptors (Lipinski definition) is 4. The molecular weight excluding hydrogens is 667 g/mol. The molecule has 52 heavy (non-hydrogen) atoms. The first-order valence-corrected chi connectivity index (χ1v) is 18.9. The van der Waals surface area contributed by atoms with Crippen LogP contribution >= 0.6 is 0 Å². The van der Waals surface area contributed by atoms with Crippen LogP contribution in [-0.4, -0.2) is 46.1 Å². The summed E-state index contributed by atoms with van der Waals surface area (Å²) >= 11 is 0. The predicted octanol–water partition coefficient (Wildman–Crippen LogP) is 8.46. The van der Waals surface area contributed by atoms with E-state index < -0.39 is 53.6 Å². The van der Waals surface area contributed by atoms with Gasteiger partial charge in [0.2, 0.25) is 5.91 Å². The standard InChI is InChI=1S/C42H52F3N3O4/c1-24(2)15-37(48-23-34(35(20-38(48)49)42(43,44)45)29-11-13-47(14-12-29)22-28-9-10-28)41(52)46-36(21-39(50)51)31-18-30-7-6-8-32(30)33(19-31)40-26(4)16-25(3)17-27(40)5/h16-20,23-24,28-29,36-37H,6-15,21-22H2,1-5H3,(H,46,52)(H,50,51)/t36-,37+/m0/s1. The lowest BCUT2D eigenvalue weighted by atomic mass is 9.86. The summed E-state index contributed by atoms with van der Waals surface area (Å²) in [6.07, 6.45) is 2.56. The first-order chi connectivity index (χ1) is 24.6. The van der Waals surface area contributed by atoms with E-state index in [0.29, 0.717) is 43.5 Å². The number of carboxylic acid groups (broad SMARTS) is 1. The Bertz CT molecular complexity index is 1860. The van der Waals surface area contributed by atoms with Gasteiger partial charge in [0.1, 0.15) is 6.04 Å². The van der Waals surface area contributed by atoms with E-state index in [1.54, 1.807) is 0 Å². The third-order valence-electron chi connectivity index (χ3n) is 11.3. The number of carbonyl (C=O) groups is 2. The molecule has 2 heterocycles. The van der Waals surface area contributed by atoms with E-state index in [-0.39, 0.29) is 17.9 Å². The first-order valence-electron chi connectivity index (χ1n) is 18.9. The van der Waals surface area contributed by atoms with Gasteiger partial charge < -0.3 is 19.9 Å². The van der Waals surface area contributed by atoms with E-state index in [1.807, 2.05) is 26.0 Å². The summed E-state index contributed by atoms with van der Waals surface area (Å²) in [5, 5.41) is 13.0. The first kappa shape index (κ1) is 37.8. The largest absolute Gasteiger partial charge is 0.481 e. The van der Waals surface area contributed by atoms with Crippen LogP contribution in [0.4, 0.5) is 13.2 Å². The highest BCUT2D eigenvalue weighted by Gasteiger charge is 2.39. The van der Waals surface area contributed by atoms with E-state index in [9.17, 15) is 32.7 Å². The van der Waals surface area contributed by atoms with Gasteiger partial charge in [0.05, 0.1) is 18.0 Å². The van der Waals surface area contributed by atoms with Crippen molar-refractivity contribution >= 4 is 11.9 Å². The summed E-state index contributed by atoms with van der Waals surface area (Å²) < 4.78 is 44.5. The van der Waals surface area contributed by atoms with Crippen LogP contribution in [0.5, 0.6) is 0 Å². The van der Waals surface area contributed by atoms with Gasteiger partial charge in [-0.05, 0) is 154 Å². The number of pyridine rings is 1. The number of fused-ring (bicyclic) bond motifs is 1. The number of alkyl halides is 3. The number of aromatic nitrogens is 1. The number of hydrogen-bond donors (Lipinski definition) is 2. The molecule has 6 rings (SSSR count). The number of piperidine rings is 1. The molecule has 1 amide bonds. The molecule has 0 spiro atoms. The van der Waals surface area contributed by atoms with Gasteiger partial charge in [-0.3, -0.25) is 14.4 Å². The van der Waals surface area contributed by atoms with Crippen LogP contribution in [-0.2, 0) is 28.6 Å². The molecule has 7 nitrogen and oxygen atoms in total. The van der Waals surface area contributed by atoms with Gasteiger partial charge in [0, 0.05) is 18.8 Å². The lowest BCUT2D eigenvalue weighted by molar-refractivity contribution is -0.139. The number of carbonyl (C=O) groups excluding carboxylic acids is 1. The zero-order valence-corrected chi connectivity index (χ0v) is 31.0. The smallest absolute Gasteiger partial charge is 0.416 e. The van der Waals surface area contributed by atoms with Gasteiger partial charge >= 0.3 is 12.1 Å². The maximum absolute atomic E-state index is 14.4. The Balaban J connectivity index is 1.36. The van der Waals surface area contributed by atoms with Gasteiger partial charge in [-0.2, -0.15) is 13.2 Å². The van der Waals surface area contributed by atoms with E-state index >= 15 is 0 Å². The van der Waals surface area contributed by atoms with Gasteiger partial charge in [0.25, 0.3) is 5.56 Å². The Morgan fingerprint density at radius 1 is 0.962 bits per heavy atom. The van der Waals surface area contributed by atoms with E-state index in [1.165, 1.54) is 29.2 Å². The zero-order chi connectivity index (χ0) is 37.5. The van der Waals surface area contributed by atoms with Crippen molar-refractivity contribution in [2.24, 2.45) is 11.8 Å². The number of carboxylic acids is 1. The van der Waals surface area contributed by atoms with Crippen molar-refractivity contribution in [1.82, 2.24) is 14.8 Å². The average Bonchev–Trinajstić information content (AvgIpc) is 3.74. The van der Waals surface area contributed by atoms with Crippen LogP contribution in [0.1, 0.15) is 121 Å². The van der Waals surface area contributed by atoms with Crippen LogP contribution in [0, 0.1) is 32.6 Å². The maximum Gasteiger partial charge on any atom is 0.416 e. The molecule has 3 aromatic rings. The van der Waals surface area contributed by atoms with Crippen LogP contribution in [0.25, 0.3) is 11.1 Å². The molecule has 3 aliphatic rings. The van der Waals surface area contributed by atoms with E-state index in [4.69, 9.17) is 0 Å². The SMILES string of the molecule is Cc1cc(C)c(-c2cc([C@H](CC(=O)O)NC(=O)[C@@H](CC(C)C)n3cc(C4CCN(CC5CC5)CC4)c(C(F)(F)F)cc3=O)cc3c2CCC3)c(C)c1. The number of halogens is 3. The van der Waals surface area contributed by atoms with E-state index in [2.05, 4.69) is 43.1 Å². The van der Waals surface area contributed by atoms with Gasteiger partial charge in [-0.15, -0.1) is 0 Å². The zero-order valence-electron chi connectivity index (χ0n) is 31.0. The Hall–Kier alpha value is -3.92. The molecule has 2 atom stereocenters. The minimum atomic E-state index is -4.72. The van der Waals surface area contributed by atoms with Gasteiger partial charge in [0.15, 0.2) is 0 Å². The Morgan fingerprint density at radius 2 is 1.63 bits per heavy atom. The number of aryl methyl sites for hydroxylation is 4. The van der Waals surface area contributed by atoms with Crippen molar-refractivity contribution in [2.45, 2.75) is 117 Å². The predicted molar refractivity (Wildman–Crippen MR) is 197 cm³/mol. The third-order valence-corrected chi connectivity index (χ3v) is 11.3. The Kier molecular flexibility index (Phi) is 11.1. The maximum atomic E-state index is 14.4. The minimum absolute atomic E-state index is 0.0499. The monoisotopic (exact) mass is 719 g/mol. The molecule has 0 bridgehead atoms. The summed E-state index contributed by atoms with van der Waals surface area (Å²) in [5.74, 6) is -1.49. The second-order valence-corrected chi connectivity index (χ2v) is 16.0. The van der Waals surface area contributed by atoms with Crippen molar-refractivity contribution in [3.8, 4) is 11.1 Å². The molecule has 0 unspecified atom stereocenters. The molecule has 2 N–H and O–H groups in total. The number of nitrogens with zero attached hydrogens (tertiary/aromatic N) is 2. The lowest BCUT2D eigenvalue weighted by Gasteiger charge is -2.34. The van der Waals surface area contributed by atoms with Crippen molar-refractivity contribution < 1.29 is 27.9 Å². The molecule has 2 aliphatic carbocycles. The molecule has 280 valence electrons.